The number of likely N-dealkylation sites (tertiary alicyclic amines) is 1. The highest BCUT2D eigenvalue weighted by Crippen LogP contribution is 2.43. The van der Waals surface area contributed by atoms with Crippen molar-refractivity contribution in [3.05, 3.63) is 104 Å². The van der Waals surface area contributed by atoms with Crippen LogP contribution in [0.2, 0.25) is 5.02 Å². The SMILES string of the molecule is Cc1ncnc(C(=O)N2CCC3(CC2)OCc2c3c(=O)n3nc(N4CCOCC4)nc3n2CC(=O)Nc2ccc(C(F)(F)F)cc2Cl)c1OCc1ccccc1. The fourth-order valence-corrected chi connectivity index (χ4v) is 7.53. The van der Waals surface area contributed by atoms with Crippen molar-refractivity contribution in [2.45, 2.75) is 51.3 Å². The van der Waals surface area contributed by atoms with Crippen molar-refractivity contribution in [3.8, 4) is 5.75 Å². The first-order valence-corrected chi connectivity index (χ1v) is 18.2. The molecular weight excluding hydrogens is 759 g/mol. The molecule has 0 unspecified atom stereocenters. The van der Waals surface area contributed by atoms with Gasteiger partial charge in [-0.05, 0) is 43.5 Å². The number of piperidine rings is 1. The van der Waals surface area contributed by atoms with E-state index in [1.165, 1.54) is 10.9 Å². The van der Waals surface area contributed by atoms with Gasteiger partial charge < -0.3 is 33.9 Å². The van der Waals surface area contributed by atoms with Crippen molar-refractivity contribution >= 4 is 40.8 Å². The van der Waals surface area contributed by atoms with Gasteiger partial charge in [0.25, 0.3) is 11.5 Å². The molecule has 3 aromatic heterocycles. The topological polar surface area (TPSA) is 158 Å². The molecule has 0 atom stereocenters. The Kier molecular flexibility index (Phi) is 9.88. The summed E-state index contributed by atoms with van der Waals surface area (Å²) in [7, 11) is 0. The van der Waals surface area contributed by atoms with Crippen LogP contribution in [0.4, 0.5) is 24.8 Å². The van der Waals surface area contributed by atoms with Gasteiger partial charge in [0, 0.05) is 26.2 Å². The minimum Gasteiger partial charge on any atom is -0.485 e. The molecule has 292 valence electrons. The zero-order valence-corrected chi connectivity index (χ0v) is 30.8. The van der Waals surface area contributed by atoms with Gasteiger partial charge in [0.1, 0.15) is 25.1 Å². The molecule has 0 aliphatic carbocycles. The van der Waals surface area contributed by atoms with Crippen LogP contribution in [-0.2, 0) is 45.8 Å². The Morgan fingerprint density at radius 2 is 1.79 bits per heavy atom. The van der Waals surface area contributed by atoms with E-state index in [1.807, 2.05) is 35.2 Å². The molecule has 2 fully saturated rings. The maximum atomic E-state index is 14.4. The predicted molar refractivity (Wildman–Crippen MR) is 195 cm³/mol. The molecule has 6 heterocycles. The highest BCUT2D eigenvalue weighted by atomic mass is 35.5. The van der Waals surface area contributed by atoms with Crippen LogP contribution in [-0.4, -0.2) is 85.2 Å². The number of anilines is 2. The van der Waals surface area contributed by atoms with Crippen molar-refractivity contribution < 1.29 is 37.0 Å². The summed E-state index contributed by atoms with van der Waals surface area (Å²) in [5.74, 6) is -0.353. The number of rotatable bonds is 8. The molecular formula is C37H35ClF3N9O6. The number of aryl methyl sites for hydroxylation is 1. The maximum Gasteiger partial charge on any atom is 0.416 e. The Morgan fingerprint density at radius 1 is 1.04 bits per heavy atom. The average molecular weight is 794 g/mol. The van der Waals surface area contributed by atoms with Gasteiger partial charge in [0.2, 0.25) is 17.6 Å². The summed E-state index contributed by atoms with van der Waals surface area (Å²) in [6.45, 7) is 3.78. The van der Waals surface area contributed by atoms with Gasteiger partial charge in [-0.1, -0.05) is 41.9 Å². The molecule has 1 N–H and O–H groups in total. The molecule has 3 aliphatic heterocycles. The quantitative estimate of drug-likeness (QED) is 0.238. The Bertz CT molecular complexity index is 2380. The van der Waals surface area contributed by atoms with E-state index in [0.29, 0.717) is 43.3 Å². The molecule has 19 heteroatoms. The van der Waals surface area contributed by atoms with Gasteiger partial charge >= 0.3 is 6.18 Å². The molecule has 2 aromatic carbocycles. The smallest absolute Gasteiger partial charge is 0.416 e. The van der Waals surface area contributed by atoms with Gasteiger partial charge in [-0.2, -0.15) is 22.7 Å². The molecule has 15 nitrogen and oxygen atoms in total. The number of hydrogen-bond donors (Lipinski definition) is 1. The number of nitrogens with zero attached hydrogens (tertiary/aromatic N) is 8. The number of benzene rings is 2. The largest absolute Gasteiger partial charge is 0.485 e. The Morgan fingerprint density at radius 3 is 2.50 bits per heavy atom. The van der Waals surface area contributed by atoms with Crippen LogP contribution in [0.25, 0.3) is 5.78 Å². The van der Waals surface area contributed by atoms with E-state index in [2.05, 4.69) is 25.4 Å². The number of carbonyl (C=O) groups excluding carboxylic acids is 2. The summed E-state index contributed by atoms with van der Waals surface area (Å²) in [6, 6.07) is 12.2. The number of ether oxygens (including phenoxy) is 3. The van der Waals surface area contributed by atoms with Gasteiger partial charge in [-0.15, -0.1) is 5.10 Å². The summed E-state index contributed by atoms with van der Waals surface area (Å²) in [5.41, 5.74) is -0.324. The second-order valence-corrected chi connectivity index (χ2v) is 14.1. The van der Waals surface area contributed by atoms with E-state index in [-0.39, 0.29) is 78.9 Å². The molecule has 2 amide bonds. The van der Waals surface area contributed by atoms with Crippen LogP contribution in [0.15, 0.2) is 59.7 Å². The summed E-state index contributed by atoms with van der Waals surface area (Å²) in [4.78, 5) is 58.6. The standard InChI is InChI=1S/C37H35ClF3N9O6/c1-22-31(55-19-23-5-3-2-4-6-23)30(43-21-42-22)33(53)47-11-9-36(10-12-47)29-27(20-56-36)49(18-28(51)44-26-8-7-24(17-25(26)38)37(39,40)41)35-45-34(46-50(35)32(29)52)48-13-15-54-16-14-48/h2-8,17,21H,9-16,18-20H2,1H3,(H,44,51). The van der Waals surface area contributed by atoms with Crippen molar-refractivity contribution in [2.24, 2.45) is 0 Å². The number of aromatic nitrogens is 6. The third-order valence-electron chi connectivity index (χ3n) is 10.2. The molecule has 2 saturated heterocycles. The lowest BCUT2D eigenvalue weighted by molar-refractivity contribution is -0.137. The Hall–Kier alpha value is -5.59. The number of morpholine rings is 1. The third kappa shape index (κ3) is 7.03. The van der Waals surface area contributed by atoms with Crippen LogP contribution in [0.1, 0.15) is 51.4 Å². The third-order valence-corrected chi connectivity index (χ3v) is 10.5. The minimum absolute atomic E-state index is 0.0221. The van der Waals surface area contributed by atoms with Crippen molar-refractivity contribution in [2.75, 3.05) is 49.6 Å². The van der Waals surface area contributed by atoms with Crippen LogP contribution in [0.5, 0.6) is 5.75 Å². The first-order valence-electron chi connectivity index (χ1n) is 17.9. The van der Waals surface area contributed by atoms with E-state index in [4.69, 9.17) is 25.8 Å². The lowest BCUT2D eigenvalue weighted by atomic mass is 9.85. The number of halogens is 4. The van der Waals surface area contributed by atoms with Crippen LogP contribution in [0, 0.1) is 6.92 Å². The summed E-state index contributed by atoms with van der Waals surface area (Å²) >= 11 is 6.14. The highest BCUT2D eigenvalue weighted by Gasteiger charge is 2.48. The van der Waals surface area contributed by atoms with Gasteiger partial charge in [-0.3, -0.25) is 14.4 Å². The molecule has 0 bridgehead atoms. The van der Waals surface area contributed by atoms with Crippen molar-refractivity contribution in [3.63, 3.8) is 0 Å². The average Bonchev–Trinajstić information content (AvgIpc) is 3.81. The maximum absolute atomic E-state index is 14.4. The lowest BCUT2D eigenvalue weighted by Crippen LogP contribution is -2.47. The number of carbonyl (C=O) groups is 2. The van der Waals surface area contributed by atoms with Gasteiger partial charge in [-0.25, -0.2) is 9.97 Å². The first kappa shape index (κ1) is 37.3. The van der Waals surface area contributed by atoms with E-state index in [1.54, 1.807) is 11.8 Å². The number of alkyl halides is 3. The van der Waals surface area contributed by atoms with E-state index in [9.17, 15) is 27.6 Å². The number of fused-ring (bicyclic) bond motifs is 3. The van der Waals surface area contributed by atoms with Crippen LogP contribution < -0.4 is 20.5 Å². The molecule has 5 aromatic rings. The van der Waals surface area contributed by atoms with Crippen molar-refractivity contribution in [1.29, 1.82) is 0 Å². The van der Waals surface area contributed by atoms with E-state index in [0.717, 1.165) is 28.3 Å². The highest BCUT2D eigenvalue weighted by molar-refractivity contribution is 6.33. The molecule has 8 rings (SSSR count). The lowest BCUT2D eigenvalue weighted by Gasteiger charge is -2.38. The Balaban J connectivity index is 1.08. The van der Waals surface area contributed by atoms with Crippen LogP contribution in [0.3, 0.4) is 0 Å². The van der Waals surface area contributed by atoms with Gasteiger partial charge in [0.15, 0.2) is 11.4 Å². The number of nitrogens with one attached hydrogen (secondary N) is 1. The van der Waals surface area contributed by atoms with Crippen molar-refractivity contribution in [1.82, 2.24) is 34.0 Å². The predicted octanol–water partition coefficient (Wildman–Crippen LogP) is 4.38. The van der Waals surface area contributed by atoms with Crippen LogP contribution >= 0.6 is 11.6 Å². The summed E-state index contributed by atoms with van der Waals surface area (Å²) < 4.78 is 60.4. The second-order valence-electron chi connectivity index (χ2n) is 13.7. The number of hydrogen-bond acceptors (Lipinski definition) is 11. The zero-order chi connectivity index (χ0) is 39.2. The molecule has 56 heavy (non-hydrogen) atoms. The van der Waals surface area contributed by atoms with E-state index < -0.39 is 35.4 Å². The molecule has 1 spiro atoms. The number of amides is 2. The first-order chi connectivity index (χ1) is 26.9. The normalized spacial score (nSPS) is 16.7. The fourth-order valence-electron chi connectivity index (χ4n) is 7.30. The molecule has 0 radical (unpaired) electrons. The van der Waals surface area contributed by atoms with Gasteiger partial charge in [0.05, 0.1) is 53.0 Å². The Labute approximate surface area is 322 Å². The monoisotopic (exact) mass is 793 g/mol. The summed E-state index contributed by atoms with van der Waals surface area (Å²) in [5, 5.41) is 6.85. The summed E-state index contributed by atoms with van der Waals surface area (Å²) in [6.07, 6.45) is -2.81. The zero-order valence-electron chi connectivity index (χ0n) is 30.0. The second kappa shape index (κ2) is 14.8. The molecule has 3 aliphatic rings. The van der Waals surface area contributed by atoms with E-state index >= 15 is 0 Å². The molecule has 0 saturated carbocycles. The fraction of sp³-hybridized carbons (Fsp3) is 0.378. The minimum atomic E-state index is -4.62.